The van der Waals surface area contributed by atoms with Crippen LogP contribution in [0.2, 0.25) is 0 Å². The third-order valence-corrected chi connectivity index (χ3v) is 10.6. The summed E-state index contributed by atoms with van der Waals surface area (Å²) in [6.07, 6.45) is 6.10. The molecule has 1 aliphatic carbocycles. The molecular weight excluding hydrogens is 492 g/mol. The summed E-state index contributed by atoms with van der Waals surface area (Å²) in [7, 11) is -1.89. The van der Waals surface area contributed by atoms with Crippen molar-refractivity contribution in [1.82, 2.24) is 14.2 Å². The van der Waals surface area contributed by atoms with E-state index in [0.29, 0.717) is 18.7 Å². The lowest BCUT2D eigenvalue weighted by molar-refractivity contribution is 0.0746. The van der Waals surface area contributed by atoms with Crippen LogP contribution in [0, 0.1) is 0 Å². The van der Waals surface area contributed by atoms with Gasteiger partial charge in [-0.2, -0.15) is 4.31 Å². The van der Waals surface area contributed by atoms with Crippen LogP contribution in [0.4, 0.5) is 5.13 Å². The minimum absolute atomic E-state index is 0.0585. The number of benzene rings is 2. The monoisotopic (exact) mass is 526 g/mol. The van der Waals surface area contributed by atoms with Crippen LogP contribution in [0.3, 0.4) is 0 Å². The van der Waals surface area contributed by atoms with E-state index >= 15 is 0 Å². The molecule has 0 radical (unpaired) electrons. The van der Waals surface area contributed by atoms with Crippen LogP contribution in [0.5, 0.6) is 0 Å². The standard InChI is InChI=1S/C27H34N4O3S2/c1-3-20-8-7-11-24-25(20)28-27(35-24)31-18-16-30(17-19-31)26(32)21-12-14-23(15-13-21)36(33,34)29(2)22-9-5-4-6-10-22/h7-8,11-15,22H,3-6,9-10,16-19H2,1-2H3. The zero-order valence-corrected chi connectivity index (χ0v) is 22.7. The molecule has 0 spiro atoms. The van der Waals surface area contributed by atoms with Gasteiger partial charge in [-0.25, -0.2) is 13.4 Å². The lowest BCUT2D eigenvalue weighted by atomic mass is 9.96. The van der Waals surface area contributed by atoms with Gasteiger partial charge in [0, 0.05) is 44.8 Å². The number of hydrogen-bond acceptors (Lipinski definition) is 6. The molecule has 1 aromatic heterocycles. The van der Waals surface area contributed by atoms with E-state index in [9.17, 15) is 13.2 Å². The number of para-hydroxylation sites is 1. The number of piperazine rings is 1. The van der Waals surface area contributed by atoms with E-state index in [2.05, 4.69) is 30.0 Å². The Morgan fingerprint density at radius 1 is 1.03 bits per heavy atom. The summed E-state index contributed by atoms with van der Waals surface area (Å²) in [5.74, 6) is -0.0585. The van der Waals surface area contributed by atoms with Crippen molar-refractivity contribution in [1.29, 1.82) is 0 Å². The number of carbonyl (C=O) groups excluding carboxylic acids is 1. The fourth-order valence-corrected chi connectivity index (χ4v) is 7.76. The number of fused-ring (bicyclic) bond motifs is 1. The maximum Gasteiger partial charge on any atom is 0.253 e. The van der Waals surface area contributed by atoms with E-state index in [4.69, 9.17) is 4.98 Å². The molecule has 1 saturated carbocycles. The van der Waals surface area contributed by atoms with Gasteiger partial charge in [0.1, 0.15) is 0 Å². The highest BCUT2D eigenvalue weighted by Crippen LogP contribution is 2.32. The minimum Gasteiger partial charge on any atom is -0.345 e. The highest BCUT2D eigenvalue weighted by molar-refractivity contribution is 7.89. The molecule has 0 unspecified atom stereocenters. The summed E-state index contributed by atoms with van der Waals surface area (Å²) in [5, 5.41) is 1.01. The average Bonchev–Trinajstić information content (AvgIpc) is 3.37. The van der Waals surface area contributed by atoms with Gasteiger partial charge in [-0.1, -0.05) is 49.7 Å². The second-order valence-corrected chi connectivity index (χ2v) is 12.7. The predicted molar refractivity (Wildman–Crippen MR) is 145 cm³/mol. The molecule has 9 heteroatoms. The zero-order valence-electron chi connectivity index (χ0n) is 21.0. The Hall–Kier alpha value is -2.49. The summed E-state index contributed by atoms with van der Waals surface area (Å²) in [6, 6.07) is 12.8. The third kappa shape index (κ3) is 4.88. The molecular formula is C27H34N4O3S2. The molecule has 1 aliphatic heterocycles. The Kier molecular flexibility index (Phi) is 7.32. The molecule has 36 heavy (non-hydrogen) atoms. The van der Waals surface area contributed by atoms with E-state index in [1.54, 1.807) is 42.6 Å². The molecule has 5 rings (SSSR count). The number of anilines is 1. The number of aromatic nitrogens is 1. The smallest absolute Gasteiger partial charge is 0.253 e. The fraction of sp³-hybridized carbons (Fsp3) is 0.481. The predicted octanol–water partition coefficient (Wildman–Crippen LogP) is 4.77. The Morgan fingerprint density at radius 2 is 1.72 bits per heavy atom. The van der Waals surface area contributed by atoms with E-state index in [0.717, 1.165) is 55.8 Å². The second kappa shape index (κ2) is 10.5. The van der Waals surface area contributed by atoms with Crippen molar-refractivity contribution in [3.8, 4) is 0 Å². The van der Waals surface area contributed by atoms with Gasteiger partial charge in [0.15, 0.2) is 5.13 Å². The Balaban J connectivity index is 1.22. The molecule has 2 fully saturated rings. The molecule has 0 N–H and O–H groups in total. The summed E-state index contributed by atoms with van der Waals surface area (Å²) >= 11 is 1.71. The van der Waals surface area contributed by atoms with Crippen molar-refractivity contribution < 1.29 is 13.2 Å². The van der Waals surface area contributed by atoms with Crippen molar-refractivity contribution in [2.45, 2.75) is 56.4 Å². The van der Waals surface area contributed by atoms with Gasteiger partial charge in [-0.05, 0) is 55.2 Å². The number of carbonyl (C=O) groups is 1. The summed E-state index contributed by atoms with van der Waals surface area (Å²) in [5.41, 5.74) is 2.87. The molecule has 1 saturated heterocycles. The summed E-state index contributed by atoms with van der Waals surface area (Å²) in [4.78, 5) is 22.4. The maximum atomic E-state index is 13.1. The van der Waals surface area contributed by atoms with Gasteiger partial charge >= 0.3 is 0 Å². The van der Waals surface area contributed by atoms with Crippen LogP contribution < -0.4 is 4.90 Å². The first kappa shape index (κ1) is 25.2. The zero-order chi connectivity index (χ0) is 25.3. The molecule has 7 nitrogen and oxygen atoms in total. The van der Waals surface area contributed by atoms with Crippen LogP contribution >= 0.6 is 11.3 Å². The summed E-state index contributed by atoms with van der Waals surface area (Å²) in [6.45, 7) is 4.83. The molecule has 192 valence electrons. The van der Waals surface area contributed by atoms with Crippen LogP contribution in [0.25, 0.3) is 10.2 Å². The molecule has 0 atom stereocenters. The van der Waals surface area contributed by atoms with Crippen LogP contribution in [0.1, 0.15) is 54.9 Å². The van der Waals surface area contributed by atoms with Crippen molar-refractivity contribution in [2.24, 2.45) is 0 Å². The first-order valence-electron chi connectivity index (χ1n) is 12.9. The number of thiazole rings is 1. The van der Waals surface area contributed by atoms with Gasteiger partial charge in [0.25, 0.3) is 5.91 Å². The molecule has 0 bridgehead atoms. The highest BCUT2D eigenvalue weighted by Gasteiger charge is 2.30. The molecule has 2 aliphatic rings. The largest absolute Gasteiger partial charge is 0.345 e. The van der Waals surface area contributed by atoms with E-state index in [1.807, 2.05) is 4.90 Å². The van der Waals surface area contributed by atoms with Gasteiger partial charge < -0.3 is 9.80 Å². The third-order valence-electron chi connectivity index (χ3n) is 7.58. The molecule has 2 heterocycles. The number of sulfonamides is 1. The van der Waals surface area contributed by atoms with Crippen molar-refractivity contribution in [3.05, 3.63) is 53.6 Å². The Morgan fingerprint density at radius 3 is 2.39 bits per heavy atom. The van der Waals surface area contributed by atoms with E-state index < -0.39 is 10.0 Å². The first-order chi connectivity index (χ1) is 17.4. The van der Waals surface area contributed by atoms with Crippen LogP contribution in [0.15, 0.2) is 47.4 Å². The lowest BCUT2D eigenvalue weighted by Gasteiger charge is -2.34. The van der Waals surface area contributed by atoms with Gasteiger partial charge in [-0.15, -0.1) is 0 Å². The number of hydrogen-bond donors (Lipinski definition) is 0. The normalized spacial score (nSPS) is 17.8. The van der Waals surface area contributed by atoms with Crippen LogP contribution in [-0.4, -0.2) is 67.8 Å². The van der Waals surface area contributed by atoms with Gasteiger partial charge in [-0.3, -0.25) is 4.79 Å². The SMILES string of the molecule is CCc1cccc2sc(N3CCN(C(=O)c4ccc(S(=O)(=O)N(C)C5CCCCC5)cc4)CC3)nc12. The topological polar surface area (TPSA) is 73.8 Å². The quantitative estimate of drug-likeness (QED) is 0.462. The van der Waals surface area contributed by atoms with Crippen molar-refractivity contribution >= 4 is 42.6 Å². The van der Waals surface area contributed by atoms with Gasteiger partial charge in [0.2, 0.25) is 10.0 Å². The number of rotatable bonds is 6. The van der Waals surface area contributed by atoms with Crippen LogP contribution in [-0.2, 0) is 16.4 Å². The fourth-order valence-electron chi connectivity index (χ4n) is 5.27. The number of aryl methyl sites for hydroxylation is 1. The first-order valence-corrected chi connectivity index (χ1v) is 15.1. The maximum absolute atomic E-state index is 13.1. The highest BCUT2D eigenvalue weighted by atomic mass is 32.2. The molecule has 3 aromatic rings. The van der Waals surface area contributed by atoms with Crippen molar-refractivity contribution in [3.63, 3.8) is 0 Å². The van der Waals surface area contributed by atoms with E-state index in [1.165, 1.54) is 21.0 Å². The summed E-state index contributed by atoms with van der Waals surface area (Å²) < 4.78 is 28.9. The molecule has 1 amide bonds. The number of amides is 1. The Labute approximate surface area is 217 Å². The van der Waals surface area contributed by atoms with Crippen molar-refractivity contribution in [2.75, 3.05) is 38.1 Å². The minimum atomic E-state index is -3.56. The Bertz CT molecular complexity index is 1320. The van der Waals surface area contributed by atoms with E-state index in [-0.39, 0.29) is 16.8 Å². The van der Waals surface area contributed by atoms with Gasteiger partial charge in [0.05, 0.1) is 15.1 Å². The number of nitrogens with zero attached hydrogens (tertiary/aromatic N) is 4. The average molecular weight is 527 g/mol. The lowest BCUT2D eigenvalue weighted by Crippen LogP contribution is -2.48. The second-order valence-electron chi connectivity index (χ2n) is 9.73. The molecule has 2 aromatic carbocycles.